The molecule has 1 N–H and O–H groups in total. The second-order valence-electron chi connectivity index (χ2n) is 4.45. The fourth-order valence-corrected chi connectivity index (χ4v) is 2.27. The number of hydrogen-bond donors (Lipinski definition) is 1. The predicted octanol–water partition coefficient (Wildman–Crippen LogP) is 1.12. The molecule has 17 heavy (non-hydrogen) atoms. The van der Waals surface area contributed by atoms with E-state index in [-0.39, 0.29) is 11.9 Å². The van der Waals surface area contributed by atoms with E-state index in [4.69, 9.17) is 4.74 Å². The zero-order valence-corrected chi connectivity index (χ0v) is 10.4. The number of aliphatic hydroxyl groups excluding tert-OH is 1. The molecule has 1 aromatic heterocycles. The third-order valence-electron chi connectivity index (χ3n) is 3.32. The lowest BCUT2D eigenvalue weighted by Gasteiger charge is -2.26. The van der Waals surface area contributed by atoms with Crippen molar-refractivity contribution in [2.24, 2.45) is 5.92 Å². The van der Waals surface area contributed by atoms with Gasteiger partial charge in [-0.1, -0.05) is 0 Å². The summed E-state index contributed by atoms with van der Waals surface area (Å²) in [6.07, 6.45) is -0.278. The number of fused-ring (bicyclic) bond motifs is 1. The van der Waals surface area contributed by atoms with E-state index in [1.54, 1.807) is 6.92 Å². The molecule has 0 saturated heterocycles. The monoisotopic (exact) mass is 238 g/mol. The van der Waals surface area contributed by atoms with Gasteiger partial charge in [0.2, 0.25) is 0 Å². The minimum Gasteiger partial charge on any atom is -0.466 e. The molecule has 0 fully saturated rings. The van der Waals surface area contributed by atoms with Gasteiger partial charge in [0.05, 0.1) is 18.2 Å². The third kappa shape index (κ3) is 2.07. The summed E-state index contributed by atoms with van der Waals surface area (Å²) in [6, 6.07) is 0. The molecule has 1 aliphatic heterocycles. The van der Waals surface area contributed by atoms with Crippen LogP contribution in [0.1, 0.15) is 36.7 Å². The number of carbonyl (C=O) groups is 1. The van der Waals surface area contributed by atoms with Crippen LogP contribution < -0.4 is 0 Å². The lowest BCUT2D eigenvalue weighted by atomic mass is 9.97. The molecule has 1 aliphatic rings. The van der Waals surface area contributed by atoms with Gasteiger partial charge < -0.3 is 14.4 Å². The number of rotatable bonds is 2. The van der Waals surface area contributed by atoms with Crippen molar-refractivity contribution >= 4 is 5.97 Å². The van der Waals surface area contributed by atoms with Crippen LogP contribution in [-0.4, -0.2) is 27.2 Å². The average Bonchev–Trinajstić information content (AvgIpc) is 2.57. The van der Waals surface area contributed by atoms with Gasteiger partial charge in [-0.3, -0.25) is 4.79 Å². The quantitative estimate of drug-likeness (QED) is 0.784. The first-order chi connectivity index (χ1) is 8.04. The Morgan fingerprint density at radius 1 is 1.59 bits per heavy atom. The summed E-state index contributed by atoms with van der Waals surface area (Å²) in [4.78, 5) is 16.0. The Kier molecular flexibility index (Phi) is 3.19. The number of aryl methyl sites for hydroxylation is 1. The minimum absolute atomic E-state index is 0.233. The minimum atomic E-state index is -0.675. The van der Waals surface area contributed by atoms with E-state index in [0.717, 1.165) is 11.4 Å². The lowest BCUT2D eigenvalue weighted by Crippen LogP contribution is -2.31. The number of aromatic nitrogens is 2. The van der Waals surface area contributed by atoms with Crippen LogP contribution >= 0.6 is 0 Å². The van der Waals surface area contributed by atoms with Gasteiger partial charge in [0.1, 0.15) is 11.9 Å². The molecule has 5 heteroatoms. The van der Waals surface area contributed by atoms with E-state index in [0.29, 0.717) is 25.4 Å². The first-order valence-electron chi connectivity index (χ1n) is 5.92. The van der Waals surface area contributed by atoms with Crippen molar-refractivity contribution < 1.29 is 14.6 Å². The predicted molar refractivity (Wildman–Crippen MR) is 61.4 cm³/mol. The molecule has 0 spiro atoms. The number of imidazole rings is 1. The molecule has 2 heterocycles. The van der Waals surface area contributed by atoms with Crippen molar-refractivity contribution in [1.82, 2.24) is 9.55 Å². The van der Waals surface area contributed by atoms with Crippen LogP contribution in [0.25, 0.3) is 0 Å². The second kappa shape index (κ2) is 4.49. The summed E-state index contributed by atoms with van der Waals surface area (Å²) in [6.45, 7) is 6.58. The van der Waals surface area contributed by atoms with Gasteiger partial charge in [0.15, 0.2) is 0 Å². The van der Waals surface area contributed by atoms with Crippen molar-refractivity contribution in [3.8, 4) is 0 Å². The fraction of sp³-hybridized carbons (Fsp3) is 0.667. The zero-order chi connectivity index (χ0) is 12.6. The summed E-state index contributed by atoms with van der Waals surface area (Å²) in [7, 11) is 0. The van der Waals surface area contributed by atoms with Gasteiger partial charge >= 0.3 is 5.97 Å². The van der Waals surface area contributed by atoms with E-state index >= 15 is 0 Å². The summed E-state index contributed by atoms with van der Waals surface area (Å²) >= 11 is 0. The second-order valence-corrected chi connectivity index (χ2v) is 4.45. The van der Waals surface area contributed by atoms with Crippen LogP contribution in [0, 0.1) is 19.8 Å². The van der Waals surface area contributed by atoms with E-state index in [1.165, 1.54) is 0 Å². The zero-order valence-electron chi connectivity index (χ0n) is 10.4. The van der Waals surface area contributed by atoms with Crippen LogP contribution in [0.5, 0.6) is 0 Å². The Hall–Kier alpha value is -1.36. The molecular weight excluding hydrogens is 220 g/mol. The van der Waals surface area contributed by atoms with E-state index < -0.39 is 6.10 Å². The molecule has 2 atom stereocenters. The highest BCUT2D eigenvalue weighted by atomic mass is 16.5. The Labute approximate surface area is 100 Å². The van der Waals surface area contributed by atoms with Crippen LogP contribution in [0.2, 0.25) is 0 Å². The molecule has 94 valence electrons. The topological polar surface area (TPSA) is 64.3 Å². The highest BCUT2D eigenvalue weighted by molar-refractivity contribution is 5.72. The maximum atomic E-state index is 11.7. The highest BCUT2D eigenvalue weighted by Crippen LogP contribution is 2.30. The maximum Gasteiger partial charge on any atom is 0.310 e. The maximum absolute atomic E-state index is 11.7. The number of hydrogen-bond acceptors (Lipinski definition) is 4. The van der Waals surface area contributed by atoms with E-state index in [9.17, 15) is 9.90 Å². The molecule has 0 aliphatic carbocycles. The summed E-state index contributed by atoms with van der Waals surface area (Å²) in [5, 5.41) is 10.00. The Morgan fingerprint density at radius 2 is 2.29 bits per heavy atom. The number of esters is 1. The smallest absolute Gasteiger partial charge is 0.310 e. The third-order valence-corrected chi connectivity index (χ3v) is 3.32. The summed E-state index contributed by atoms with van der Waals surface area (Å²) in [5.74, 6) is 0.160. The SMILES string of the molecule is CCOC(=O)C1CC(O)c2nc(C)c(C)n2C1. The largest absolute Gasteiger partial charge is 0.466 e. The molecule has 0 aromatic carbocycles. The Balaban J connectivity index is 2.26. The Bertz CT molecular complexity index is 439. The molecule has 0 radical (unpaired) electrons. The molecular formula is C12H18N2O3. The summed E-state index contributed by atoms with van der Waals surface area (Å²) < 4.78 is 6.93. The lowest BCUT2D eigenvalue weighted by molar-refractivity contribution is -0.150. The number of nitrogens with zero attached hydrogens (tertiary/aromatic N) is 2. The molecule has 1 aromatic rings. The van der Waals surface area contributed by atoms with Gasteiger partial charge in [-0.2, -0.15) is 0 Å². The van der Waals surface area contributed by atoms with Crippen LogP contribution in [0.4, 0.5) is 0 Å². The van der Waals surface area contributed by atoms with Gasteiger partial charge in [-0.25, -0.2) is 4.98 Å². The molecule has 5 nitrogen and oxygen atoms in total. The first kappa shape index (κ1) is 12.1. The van der Waals surface area contributed by atoms with Crippen molar-refractivity contribution in [3.63, 3.8) is 0 Å². The molecule has 0 saturated carbocycles. The molecule has 0 bridgehead atoms. The highest BCUT2D eigenvalue weighted by Gasteiger charge is 2.33. The standard InChI is InChI=1S/C12H18N2O3/c1-4-17-12(16)9-5-10(15)11-13-7(2)8(3)14(11)6-9/h9-10,15H,4-6H2,1-3H3. The van der Waals surface area contributed by atoms with Gasteiger partial charge in [0, 0.05) is 12.2 Å². The van der Waals surface area contributed by atoms with E-state index in [2.05, 4.69) is 4.98 Å². The van der Waals surface area contributed by atoms with Crippen molar-refractivity contribution in [2.75, 3.05) is 6.61 Å². The Morgan fingerprint density at radius 3 is 2.94 bits per heavy atom. The van der Waals surface area contributed by atoms with Crippen molar-refractivity contribution in [3.05, 3.63) is 17.2 Å². The fourth-order valence-electron chi connectivity index (χ4n) is 2.27. The summed E-state index contributed by atoms with van der Waals surface area (Å²) in [5.41, 5.74) is 1.91. The first-order valence-corrected chi connectivity index (χ1v) is 5.92. The van der Waals surface area contributed by atoms with Gasteiger partial charge in [-0.15, -0.1) is 0 Å². The normalized spacial score (nSPS) is 23.3. The molecule has 0 amide bonds. The average molecular weight is 238 g/mol. The van der Waals surface area contributed by atoms with Crippen molar-refractivity contribution in [2.45, 2.75) is 39.8 Å². The van der Waals surface area contributed by atoms with Gasteiger partial charge in [0.25, 0.3) is 0 Å². The van der Waals surface area contributed by atoms with Crippen LogP contribution in [0.3, 0.4) is 0 Å². The molecule has 2 rings (SSSR count). The van der Waals surface area contributed by atoms with Crippen molar-refractivity contribution in [1.29, 1.82) is 0 Å². The number of carbonyl (C=O) groups excluding carboxylic acids is 1. The number of aliphatic hydroxyl groups is 1. The number of ether oxygens (including phenoxy) is 1. The van der Waals surface area contributed by atoms with Crippen LogP contribution in [-0.2, 0) is 16.1 Å². The molecule has 2 unspecified atom stereocenters. The van der Waals surface area contributed by atoms with E-state index in [1.807, 2.05) is 18.4 Å². The van der Waals surface area contributed by atoms with Gasteiger partial charge in [-0.05, 0) is 27.2 Å². The van der Waals surface area contributed by atoms with Crippen LogP contribution in [0.15, 0.2) is 0 Å².